The van der Waals surface area contributed by atoms with Gasteiger partial charge in [0.1, 0.15) is 11.6 Å². The first-order valence-corrected chi connectivity index (χ1v) is 7.46. The number of aliphatic hydroxyl groups is 1. The number of carbonyl (C=O) groups excluding carboxylic acids is 1. The van der Waals surface area contributed by atoms with Gasteiger partial charge in [-0.3, -0.25) is 4.79 Å². The average molecular weight is 317 g/mol. The number of aryl methyl sites for hydroxylation is 1. The molecule has 0 aliphatic carbocycles. The lowest BCUT2D eigenvalue weighted by Crippen LogP contribution is -2.28. The molecule has 5 heteroatoms. The van der Waals surface area contributed by atoms with Gasteiger partial charge in [0.2, 0.25) is 0 Å². The van der Waals surface area contributed by atoms with Crippen LogP contribution in [0.25, 0.3) is 0 Å². The highest BCUT2D eigenvalue weighted by Crippen LogP contribution is 2.20. The summed E-state index contributed by atoms with van der Waals surface area (Å²) in [7, 11) is 0. The molecule has 0 aliphatic heterocycles. The van der Waals surface area contributed by atoms with Crippen LogP contribution >= 0.6 is 0 Å². The number of benzene rings is 2. The molecule has 0 bridgehead atoms. The monoisotopic (exact) mass is 317 g/mol. The van der Waals surface area contributed by atoms with Crippen LogP contribution in [0.1, 0.15) is 34.5 Å². The fourth-order valence-corrected chi connectivity index (χ4v) is 2.15. The van der Waals surface area contributed by atoms with E-state index in [0.29, 0.717) is 23.5 Å². The van der Waals surface area contributed by atoms with Crippen molar-refractivity contribution >= 4 is 5.91 Å². The summed E-state index contributed by atoms with van der Waals surface area (Å²) >= 11 is 0. The minimum Gasteiger partial charge on any atom is -0.494 e. The number of ether oxygens (including phenoxy) is 1. The van der Waals surface area contributed by atoms with Gasteiger partial charge >= 0.3 is 0 Å². The smallest absolute Gasteiger partial charge is 0.251 e. The zero-order chi connectivity index (χ0) is 16.8. The van der Waals surface area contributed by atoms with Crippen molar-refractivity contribution in [2.24, 2.45) is 0 Å². The first-order valence-electron chi connectivity index (χ1n) is 7.46. The van der Waals surface area contributed by atoms with Gasteiger partial charge in [0.05, 0.1) is 12.7 Å². The number of hydrogen-bond donors (Lipinski definition) is 2. The first kappa shape index (κ1) is 17.0. The fourth-order valence-electron chi connectivity index (χ4n) is 2.15. The second kappa shape index (κ2) is 7.74. The molecule has 1 unspecified atom stereocenters. The second-order valence-corrected chi connectivity index (χ2v) is 5.19. The fraction of sp³-hybridized carbons (Fsp3) is 0.278. The molecular weight excluding hydrogens is 297 g/mol. The van der Waals surface area contributed by atoms with E-state index >= 15 is 0 Å². The second-order valence-electron chi connectivity index (χ2n) is 5.19. The lowest BCUT2D eigenvalue weighted by Gasteiger charge is -2.13. The molecule has 1 amide bonds. The molecule has 23 heavy (non-hydrogen) atoms. The van der Waals surface area contributed by atoms with Crippen LogP contribution in [-0.4, -0.2) is 24.2 Å². The SMILES string of the molecule is CCOc1cc(C(=O)NCC(O)c2ccc(F)cc2)ccc1C. The Labute approximate surface area is 134 Å². The van der Waals surface area contributed by atoms with Gasteiger partial charge in [-0.2, -0.15) is 0 Å². The molecule has 0 radical (unpaired) electrons. The topological polar surface area (TPSA) is 58.6 Å². The third-order valence-corrected chi connectivity index (χ3v) is 3.46. The zero-order valence-corrected chi connectivity index (χ0v) is 13.2. The predicted molar refractivity (Wildman–Crippen MR) is 86.0 cm³/mol. The van der Waals surface area contributed by atoms with Gasteiger partial charge in [-0.25, -0.2) is 4.39 Å². The normalized spacial score (nSPS) is 11.8. The molecule has 4 nitrogen and oxygen atoms in total. The highest BCUT2D eigenvalue weighted by atomic mass is 19.1. The predicted octanol–water partition coefficient (Wildman–Crippen LogP) is 3.00. The van der Waals surface area contributed by atoms with Gasteiger partial charge in [-0.05, 0) is 49.2 Å². The van der Waals surface area contributed by atoms with Crippen molar-refractivity contribution in [2.45, 2.75) is 20.0 Å². The van der Waals surface area contributed by atoms with Crippen LogP contribution in [0, 0.1) is 12.7 Å². The van der Waals surface area contributed by atoms with E-state index in [1.807, 2.05) is 19.9 Å². The molecule has 0 aliphatic rings. The summed E-state index contributed by atoms with van der Waals surface area (Å²) in [5, 5.41) is 12.7. The number of nitrogens with one attached hydrogen (secondary N) is 1. The van der Waals surface area contributed by atoms with Crippen molar-refractivity contribution in [1.29, 1.82) is 0 Å². The Morgan fingerprint density at radius 3 is 2.61 bits per heavy atom. The van der Waals surface area contributed by atoms with E-state index < -0.39 is 6.10 Å². The lowest BCUT2D eigenvalue weighted by molar-refractivity contribution is 0.0916. The Morgan fingerprint density at radius 1 is 1.26 bits per heavy atom. The molecule has 0 heterocycles. The quantitative estimate of drug-likeness (QED) is 0.861. The van der Waals surface area contributed by atoms with Gasteiger partial charge in [0.25, 0.3) is 5.91 Å². The molecule has 1 atom stereocenters. The van der Waals surface area contributed by atoms with Gasteiger partial charge in [0.15, 0.2) is 0 Å². The number of carbonyl (C=O) groups is 1. The largest absolute Gasteiger partial charge is 0.494 e. The van der Waals surface area contributed by atoms with Crippen LogP contribution in [0.2, 0.25) is 0 Å². The highest BCUT2D eigenvalue weighted by Gasteiger charge is 2.12. The summed E-state index contributed by atoms with van der Waals surface area (Å²) in [6.07, 6.45) is -0.892. The van der Waals surface area contributed by atoms with Crippen LogP contribution in [0.3, 0.4) is 0 Å². The standard InChI is InChI=1S/C18H20FNO3/c1-3-23-17-10-14(5-4-12(17)2)18(22)20-11-16(21)13-6-8-15(19)9-7-13/h4-10,16,21H,3,11H2,1-2H3,(H,20,22). The summed E-state index contributed by atoms with van der Waals surface area (Å²) in [6, 6.07) is 10.7. The van der Waals surface area contributed by atoms with Crippen molar-refractivity contribution in [3.63, 3.8) is 0 Å². The minimum absolute atomic E-state index is 0.0440. The Balaban J connectivity index is 1.99. The average Bonchev–Trinajstić information content (AvgIpc) is 2.55. The van der Waals surface area contributed by atoms with Crippen LogP contribution in [0.15, 0.2) is 42.5 Å². The zero-order valence-electron chi connectivity index (χ0n) is 13.2. The molecule has 2 N–H and O–H groups in total. The molecule has 0 saturated carbocycles. The number of amides is 1. The molecule has 0 saturated heterocycles. The maximum absolute atomic E-state index is 12.9. The Bertz CT molecular complexity index is 670. The molecule has 0 spiro atoms. The van der Waals surface area contributed by atoms with E-state index in [2.05, 4.69) is 5.32 Å². The van der Waals surface area contributed by atoms with E-state index in [4.69, 9.17) is 4.74 Å². The van der Waals surface area contributed by atoms with E-state index in [0.717, 1.165) is 5.56 Å². The summed E-state index contributed by atoms with van der Waals surface area (Å²) < 4.78 is 18.3. The van der Waals surface area contributed by atoms with Crippen molar-refractivity contribution in [2.75, 3.05) is 13.2 Å². The molecule has 0 aromatic heterocycles. The third-order valence-electron chi connectivity index (χ3n) is 3.46. The maximum Gasteiger partial charge on any atom is 0.251 e. The van der Waals surface area contributed by atoms with E-state index in [1.165, 1.54) is 24.3 Å². The van der Waals surface area contributed by atoms with Gasteiger partial charge < -0.3 is 15.2 Å². The number of rotatable bonds is 6. The maximum atomic E-state index is 12.9. The Kier molecular flexibility index (Phi) is 5.71. The summed E-state index contributed by atoms with van der Waals surface area (Å²) in [5.41, 5.74) is 1.96. The Morgan fingerprint density at radius 2 is 1.96 bits per heavy atom. The van der Waals surface area contributed by atoms with Crippen molar-refractivity contribution in [3.05, 3.63) is 65.0 Å². The Hall–Kier alpha value is -2.40. The van der Waals surface area contributed by atoms with Crippen LogP contribution < -0.4 is 10.1 Å². The first-order chi connectivity index (χ1) is 11.0. The molecule has 122 valence electrons. The summed E-state index contributed by atoms with van der Waals surface area (Å²) in [5.74, 6) is -0.000516. The van der Waals surface area contributed by atoms with E-state index in [9.17, 15) is 14.3 Å². The highest BCUT2D eigenvalue weighted by molar-refractivity contribution is 5.94. The molecule has 0 fully saturated rings. The van der Waals surface area contributed by atoms with Gasteiger partial charge in [-0.1, -0.05) is 18.2 Å². The lowest BCUT2D eigenvalue weighted by atomic mass is 10.1. The summed E-state index contributed by atoms with van der Waals surface area (Å²) in [4.78, 5) is 12.2. The van der Waals surface area contributed by atoms with Crippen molar-refractivity contribution in [3.8, 4) is 5.75 Å². The molecule has 2 rings (SSSR count). The number of halogens is 1. The van der Waals surface area contributed by atoms with Gasteiger partial charge in [-0.15, -0.1) is 0 Å². The van der Waals surface area contributed by atoms with Crippen molar-refractivity contribution in [1.82, 2.24) is 5.32 Å². The van der Waals surface area contributed by atoms with Gasteiger partial charge in [0, 0.05) is 12.1 Å². The van der Waals surface area contributed by atoms with Crippen LogP contribution in [0.5, 0.6) is 5.75 Å². The minimum atomic E-state index is -0.892. The van der Waals surface area contributed by atoms with Crippen molar-refractivity contribution < 1.29 is 19.0 Å². The third kappa shape index (κ3) is 4.53. The van der Waals surface area contributed by atoms with Crippen LogP contribution in [0.4, 0.5) is 4.39 Å². The summed E-state index contributed by atoms with van der Waals surface area (Å²) in [6.45, 7) is 4.35. The van der Waals surface area contributed by atoms with E-state index in [1.54, 1.807) is 12.1 Å². The van der Waals surface area contributed by atoms with E-state index in [-0.39, 0.29) is 18.3 Å². The number of hydrogen-bond acceptors (Lipinski definition) is 3. The molecule has 2 aromatic carbocycles. The van der Waals surface area contributed by atoms with Crippen LogP contribution in [-0.2, 0) is 0 Å². The molecule has 2 aromatic rings. The molecular formula is C18H20FNO3. The number of aliphatic hydroxyl groups excluding tert-OH is 1.